The average molecular weight is 415 g/mol. The molecule has 0 radical (unpaired) electrons. The molecule has 0 heterocycles. The Hall–Kier alpha value is -0.263. The van der Waals surface area contributed by atoms with E-state index in [4.69, 9.17) is 10.8 Å². The van der Waals surface area contributed by atoms with Crippen LogP contribution in [0.15, 0.2) is 0 Å². The highest BCUT2D eigenvalue weighted by Gasteiger charge is 2.65. The van der Waals surface area contributed by atoms with Gasteiger partial charge in [0, 0.05) is 11.3 Å². The van der Waals surface area contributed by atoms with Crippen LogP contribution in [-0.4, -0.2) is 15.1 Å². The first kappa shape index (κ1) is 21.9. The second-order valence-corrected chi connectivity index (χ2v) is 15.2. The van der Waals surface area contributed by atoms with Crippen LogP contribution in [0.1, 0.15) is 91.9 Å². The molecule has 8 atom stereocenters. The van der Waals surface area contributed by atoms with Crippen molar-refractivity contribution in [2.24, 2.45) is 45.8 Å². The van der Waals surface area contributed by atoms with Gasteiger partial charge >= 0.3 is 0 Å². The fourth-order valence-electron chi connectivity index (χ4n) is 9.18. The summed E-state index contributed by atoms with van der Waals surface area (Å²) in [6, 6.07) is 0. The van der Waals surface area contributed by atoms with Crippen LogP contribution < -0.4 is 0 Å². The fourth-order valence-corrected chi connectivity index (χ4v) is 10.4. The second-order valence-electron chi connectivity index (χ2n) is 12.8. The lowest BCUT2D eigenvalue weighted by molar-refractivity contribution is -0.160. The molecule has 0 saturated heterocycles. The van der Waals surface area contributed by atoms with E-state index in [1.165, 1.54) is 64.2 Å². The molecule has 1 unspecified atom stereocenters. The van der Waals surface area contributed by atoms with Crippen LogP contribution in [0.5, 0.6) is 0 Å². The smallest absolute Gasteiger partial charge is 0.171 e. The maximum atomic E-state index is 6.95. The zero-order chi connectivity index (χ0) is 21.0. The quantitative estimate of drug-likeness (QED) is 0.354. The van der Waals surface area contributed by atoms with Gasteiger partial charge < -0.3 is 4.43 Å². The predicted octanol–water partition coefficient (Wildman–Crippen LogP) is 7.06. The molecular formula is C27H46OSi. The number of fused-ring (bicyclic) bond motifs is 5. The van der Waals surface area contributed by atoms with E-state index < -0.39 is 9.04 Å². The van der Waals surface area contributed by atoms with E-state index in [9.17, 15) is 0 Å². The molecule has 4 fully saturated rings. The van der Waals surface area contributed by atoms with Crippen molar-refractivity contribution in [2.45, 2.75) is 111 Å². The molecule has 1 nitrogen and oxygen atoms in total. The lowest BCUT2D eigenvalue weighted by atomic mass is 9.43. The van der Waals surface area contributed by atoms with Crippen LogP contribution in [0.25, 0.3) is 0 Å². The molecule has 0 aromatic carbocycles. The van der Waals surface area contributed by atoms with E-state index in [0.717, 1.165) is 23.7 Å². The number of rotatable bonds is 3. The summed E-state index contributed by atoms with van der Waals surface area (Å²) in [6.07, 6.45) is 20.7. The Kier molecular flexibility index (Phi) is 5.83. The maximum Gasteiger partial charge on any atom is 0.171 e. The van der Waals surface area contributed by atoms with Gasteiger partial charge in [-0.1, -0.05) is 40.5 Å². The number of hydrogen-bond acceptors (Lipinski definition) is 1. The summed E-state index contributed by atoms with van der Waals surface area (Å²) < 4.78 is 6.95. The molecule has 0 aromatic heterocycles. The molecule has 0 aromatic rings. The fraction of sp³-hybridized carbons (Fsp3) is 0.926. The van der Waals surface area contributed by atoms with Crippen molar-refractivity contribution in [3.63, 3.8) is 0 Å². The Labute approximate surface area is 182 Å². The highest BCUT2D eigenvalue weighted by molar-refractivity contribution is 6.48. The van der Waals surface area contributed by atoms with Crippen LogP contribution in [-0.2, 0) is 4.43 Å². The van der Waals surface area contributed by atoms with E-state index in [1.54, 1.807) is 0 Å². The Balaban J connectivity index is 1.73. The van der Waals surface area contributed by atoms with Crippen LogP contribution >= 0.6 is 0 Å². The molecule has 0 aliphatic heterocycles. The second kappa shape index (κ2) is 7.70. The largest absolute Gasteiger partial charge is 0.417 e. The molecule has 4 saturated carbocycles. The highest BCUT2D eigenvalue weighted by Crippen LogP contribution is 2.69. The highest BCUT2D eigenvalue weighted by atomic mass is 28.3. The van der Waals surface area contributed by atoms with Crippen molar-refractivity contribution in [2.75, 3.05) is 0 Å². The Morgan fingerprint density at radius 3 is 2.38 bits per heavy atom. The Bertz CT molecular complexity index is 642. The first-order valence-electron chi connectivity index (χ1n) is 12.8. The predicted molar refractivity (Wildman–Crippen MR) is 126 cm³/mol. The molecule has 0 N–H and O–H groups in total. The van der Waals surface area contributed by atoms with Crippen molar-refractivity contribution >= 4 is 9.04 Å². The first-order valence-corrected chi connectivity index (χ1v) is 15.5. The molecule has 2 heteroatoms. The van der Waals surface area contributed by atoms with Crippen molar-refractivity contribution in [3.05, 3.63) is 0 Å². The van der Waals surface area contributed by atoms with E-state index in [-0.39, 0.29) is 10.8 Å². The minimum absolute atomic E-state index is 0.160. The van der Waals surface area contributed by atoms with Gasteiger partial charge in [0.05, 0.1) is 6.10 Å². The normalized spacial score (nSPS) is 45.8. The van der Waals surface area contributed by atoms with Gasteiger partial charge in [0.1, 0.15) is 0 Å². The molecule has 0 bridgehead atoms. The van der Waals surface area contributed by atoms with Gasteiger partial charge in [-0.15, -0.1) is 12.3 Å². The third kappa shape index (κ3) is 3.38. The minimum Gasteiger partial charge on any atom is -0.417 e. The lowest BCUT2D eigenvalue weighted by Crippen LogP contribution is -2.59. The van der Waals surface area contributed by atoms with Crippen LogP contribution in [0, 0.1) is 58.2 Å². The molecule has 164 valence electrons. The standard InChI is InChI=1S/C27H46OSi/c1-8-19-13-15-23-21-14-12-20-11-9-10-17-26(20,5)22(21)16-18-27(19,23)24(25(2,3)4)28-29(6)7/h1,19-24,29H,9-18H2,2-7H3/t19-,20+,21+,22-,23-,24?,26-,27-/m0/s1. The van der Waals surface area contributed by atoms with Gasteiger partial charge in [0.15, 0.2) is 9.04 Å². The van der Waals surface area contributed by atoms with E-state index >= 15 is 0 Å². The summed E-state index contributed by atoms with van der Waals surface area (Å²) in [6.45, 7) is 14.6. The van der Waals surface area contributed by atoms with Gasteiger partial charge in [-0.2, -0.15) is 0 Å². The van der Waals surface area contributed by atoms with Gasteiger partial charge in [-0.25, -0.2) is 0 Å². The summed E-state index contributed by atoms with van der Waals surface area (Å²) in [5.41, 5.74) is 0.990. The summed E-state index contributed by atoms with van der Waals surface area (Å²) in [5.74, 6) is 7.36. The molecule has 4 aliphatic rings. The summed E-state index contributed by atoms with van der Waals surface area (Å²) >= 11 is 0. The third-order valence-electron chi connectivity index (χ3n) is 10.1. The molecule has 4 rings (SSSR count). The van der Waals surface area contributed by atoms with Crippen molar-refractivity contribution in [1.29, 1.82) is 0 Å². The zero-order valence-electron chi connectivity index (χ0n) is 20.1. The molecule has 29 heavy (non-hydrogen) atoms. The maximum absolute atomic E-state index is 6.95. The Morgan fingerprint density at radius 2 is 1.72 bits per heavy atom. The summed E-state index contributed by atoms with van der Waals surface area (Å²) in [5, 5.41) is 0. The molecule has 4 aliphatic carbocycles. The third-order valence-corrected chi connectivity index (χ3v) is 10.9. The molecule has 0 amide bonds. The van der Waals surface area contributed by atoms with Crippen LogP contribution in [0.2, 0.25) is 13.1 Å². The first-order chi connectivity index (χ1) is 13.6. The number of hydrogen-bond donors (Lipinski definition) is 0. The van der Waals surface area contributed by atoms with Crippen molar-refractivity contribution < 1.29 is 4.43 Å². The van der Waals surface area contributed by atoms with Crippen LogP contribution in [0.3, 0.4) is 0 Å². The Morgan fingerprint density at radius 1 is 0.966 bits per heavy atom. The van der Waals surface area contributed by atoms with Crippen molar-refractivity contribution in [1.82, 2.24) is 0 Å². The van der Waals surface area contributed by atoms with E-state index in [2.05, 4.69) is 46.7 Å². The average Bonchev–Trinajstić information content (AvgIpc) is 3.04. The molecular weight excluding hydrogens is 368 g/mol. The lowest BCUT2D eigenvalue weighted by Gasteiger charge is -2.63. The zero-order valence-corrected chi connectivity index (χ0v) is 21.3. The van der Waals surface area contributed by atoms with Gasteiger partial charge in [-0.3, -0.25) is 0 Å². The minimum atomic E-state index is -1.14. The van der Waals surface area contributed by atoms with Crippen LogP contribution in [0.4, 0.5) is 0 Å². The van der Waals surface area contributed by atoms with Gasteiger partial charge in [0.2, 0.25) is 0 Å². The van der Waals surface area contributed by atoms with Gasteiger partial charge in [-0.05, 0) is 99.0 Å². The van der Waals surface area contributed by atoms with E-state index in [1.807, 2.05) is 0 Å². The number of terminal acetylenes is 1. The van der Waals surface area contributed by atoms with Crippen molar-refractivity contribution in [3.8, 4) is 12.3 Å². The van der Waals surface area contributed by atoms with Gasteiger partial charge in [0.25, 0.3) is 0 Å². The summed E-state index contributed by atoms with van der Waals surface area (Å²) in [4.78, 5) is 0. The SMILES string of the molecule is C#C[C@H]1CC[C@H]2[C@@H]3CC[C@H]4CCCC[C@]4(C)[C@H]3CC[C@]12C(O[SiH](C)C)C(C)(C)C. The summed E-state index contributed by atoms with van der Waals surface area (Å²) in [7, 11) is -1.14. The topological polar surface area (TPSA) is 9.23 Å². The van der Waals surface area contributed by atoms with E-state index in [0.29, 0.717) is 17.4 Å². The monoisotopic (exact) mass is 414 g/mol. The molecule has 0 spiro atoms.